The van der Waals surface area contributed by atoms with Crippen molar-refractivity contribution in [2.45, 2.75) is 13.5 Å². The van der Waals surface area contributed by atoms with E-state index >= 15 is 0 Å². The van der Waals surface area contributed by atoms with Crippen molar-refractivity contribution < 1.29 is 19.1 Å². The van der Waals surface area contributed by atoms with Gasteiger partial charge in [-0.15, -0.1) is 0 Å². The van der Waals surface area contributed by atoms with Crippen molar-refractivity contribution in [3.8, 4) is 11.5 Å². The number of halogens is 2. The van der Waals surface area contributed by atoms with Crippen LogP contribution in [0.4, 0.5) is 5.69 Å². The fourth-order valence-electron chi connectivity index (χ4n) is 2.76. The molecule has 0 aromatic heterocycles. The molecule has 3 rings (SSSR count). The molecule has 0 aliphatic rings. The first-order chi connectivity index (χ1) is 15.9. The maximum absolute atomic E-state index is 12.1. The summed E-state index contributed by atoms with van der Waals surface area (Å²) in [6.45, 7) is 2.09. The highest BCUT2D eigenvalue weighted by atomic mass is 35.5. The molecular weight excluding hydrogens is 465 g/mol. The Hall–Kier alpha value is -3.55. The average molecular weight is 486 g/mol. The van der Waals surface area contributed by atoms with E-state index in [4.69, 9.17) is 32.7 Å². The summed E-state index contributed by atoms with van der Waals surface area (Å²) in [5.41, 5.74) is 4.90. The molecule has 0 heterocycles. The number of nitrogens with one attached hydrogen (secondary N) is 2. The van der Waals surface area contributed by atoms with Crippen LogP contribution in [0, 0.1) is 6.92 Å². The maximum Gasteiger partial charge on any atom is 0.329 e. The monoisotopic (exact) mass is 485 g/mol. The van der Waals surface area contributed by atoms with Gasteiger partial charge in [0.25, 0.3) is 0 Å². The lowest BCUT2D eigenvalue weighted by Gasteiger charge is -2.11. The van der Waals surface area contributed by atoms with Gasteiger partial charge in [0.05, 0.1) is 13.3 Å². The summed E-state index contributed by atoms with van der Waals surface area (Å²) in [7, 11) is 1.52. The Kier molecular flexibility index (Phi) is 8.29. The minimum Gasteiger partial charge on any atom is -0.493 e. The first kappa shape index (κ1) is 24.1. The average Bonchev–Trinajstić information content (AvgIpc) is 2.81. The number of amides is 2. The lowest BCUT2D eigenvalue weighted by molar-refractivity contribution is -0.136. The van der Waals surface area contributed by atoms with E-state index in [-0.39, 0.29) is 0 Å². The smallest absolute Gasteiger partial charge is 0.329 e. The molecule has 0 radical (unpaired) electrons. The van der Waals surface area contributed by atoms with E-state index in [0.29, 0.717) is 45.0 Å². The van der Waals surface area contributed by atoms with Crippen LogP contribution in [0.25, 0.3) is 0 Å². The second kappa shape index (κ2) is 11.4. The van der Waals surface area contributed by atoms with Crippen LogP contribution in [0.3, 0.4) is 0 Å². The molecule has 3 aromatic carbocycles. The highest BCUT2D eigenvalue weighted by Gasteiger charge is 2.14. The number of ether oxygens (including phenoxy) is 2. The fraction of sp³-hybridized carbons (Fsp3) is 0.125. The lowest BCUT2D eigenvalue weighted by atomic mass is 10.2. The first-order valence-corrected chi connectivity index (χ1v) is 10.6. The van der Waals surface area contributed by atoms with Crippen molar-refractivity contribution in [2.75, 3.05) is 12.4 Å². The predicted octanol–water partition coefficient (Wildman–Crippen LogP) is 4.98. The van der Waals surface area contributed by atoms with Gasteiger partial charge in [0.15, 0.2) is 11.5 Å². The molecule has 170 valence electrons. The van der Waals surface area contributed by atoms with Crippen molar-refractivity contribution in [3.05, 3.63) is 87.4 Å². The summed E-state index contributed by atoms with van der Waals surface area (Å²) < 4.78 is 11.2. The summed E-state index contributed by atoms with van der Waals surface area (Å²) >= 11 is 11.9. The van der Waals surface area contributed by atoms with Crippen molar-refractivity contribution in [3.63, 3.8) is 0 Å². The standard InChI is InChI=1S/C24H21Cl2N3O4/c1-15-19(26)4-3-5-20(15)28-23(30)24(31)29-27-13-17-8-11-21(22(12-17)32-2)33-14-16-6-9-18(25)10-7-16/h3-13H,14H2,1-2H3,(H,28,30)(H,29,31)/b27-13-. The molecule has 0 aliphatic carbocycles. The Morgan fingerprint density at radius 3 is 2.48 bits per heavy atom. The summed E-state index contributed by atoms with van der Waals surface area (Å²) in [6, 6.07) is 17.5. The number of hydrazone groups is 1. The first-order valence-electron chi connectivity index (χ1n) is 9.82. The zero-order valence-corrected chi connectivity index (χ0v) is 19.4. The third kappa shape index (κ3) is 6.71. The third-order valence-electron chi connectivity index (χ3n) is 4.60. The van der Waals surface area contributed by atoms with Crippen molar-refractivity contribution in [1.82, 2.24) is 5.43 Å². The molecule has 0 saturated heterocycles. The quantitative estimate of drug-likeness (QED) is 0.280. The number of nitrogens with zero attached hydrogens (tertiary/aromatic N) is 1. The van der Waals surface area contributed by atoms with Crippen LogP contribution in [-0.2, 0) is 16.2 Å². The topological polar surface area (TPSA) is 89.0 Å². The number of carbonyl (C=O) groups is 2. The molecule has 2 amide bonds. The second-order valence-corrected chi connectivity index (χ2v) is 7.73. The molecular formula is C24H21Cl2N3O4. The number of benzene rings is 3. The minimum atomic E-state index is -0.916. The summed E-state index contributed by atoms with van der Waals surface area (Å²) in [6.07, 6.45) is 1.39. The number of hydrogen-bond acceptors (Lipinski definition) is 5. The van der Waals surface area contributed by atoms with Crippen LogP contribution < -0.4 is 20.2 Å². The fourth-order valence-corrected chi connectivity index (χ4v) is 3.06. The Bertz CT molecular complexity index is 1180. The van der Waals surface area contributed by atoms with Crippen LogP contribution in [-0.4, -0.2) is 25.1 Å². The van der Waals surface area contributed by atoms with E-state index in [1.165, 1.54) is 13.3 Å². The molecule has 0 unspecified atom stereocenters. The number of methoxy groups -OCH3 is 1. The highest BCUT2D eigenvalue weighted by Crippen LogP contribution is 2.28. The van der Waals surface area contributed by atoms with Crippen molar-refractivity contribution in [1.29, 1.82) is 0 Å². The van der Waals surface area contributed by atoms with Crippen molar-refractivity contribution in [2.24, 2.45) is 5.10 Å². The van der Waals surface area contributed by atoms with Gasteiger partial charge in [0.2, 0.25) is 0 Å². The third-order valence-corrected chi connectivity index (χ3v) is 5.26. The Morgan fingerprint density at radius 1 is 1.00 bits per heavy atom. The van der Waals surface area contributed by atoms with Gasteiger partial charge in [-0.25, -0.2) is 5.43 Å². The van der Waals surface area contributed by atoms with Crippen LogP contribution in [0.1, 0.15) is 16.7 Å². The van der Waals surface area contributed by atoms with E-state index in [1.54, 1.807) is 55.5 Å². The molecule has 0 fully saturated rings. The minimum absolute atomic E-state index is 0.345. The van der Waals surface area contributed by atoms with Gasteiger partial charge >= 0.3 is 11.8 Å². The van der Waals surface area contributed by atoms with E-state index in [2.05, 4.69) is 15.8 Å². The highest BCUT2D eigenvalue weighted by molar-refractivity contribution is 6.40. The van der Waals surface area contributed by atoms with Crippen LogP contribution >= 0.6 is 23.2 Å². The van der Waals surface area contributed by atoms with Gasteiger partial charge in [-0.05, 0) is 66.1 Å². The summed E-state index contributed by atoms with van der Waals surface area (Å²) in [4.78, 5) is 24.1. The summed E-state index contributed by atoms with van der Waals surface area (Å²) in [5, 5.41) is 7.48. The van der Waals surface area contributed by atoms with Gasteiger partial charge < -0.3 is 14.8 Å². The zero-order valence-electron chi connectivity index (χ0n) is 17.9. The molecule has 9 heteroatoms. The molecule has 0 bridgehead atoms. The maximum atomic E-state index is 12.1. The van der Waals surface area contributed by atoms with E-state index < -0.39 is 11.8 Å². The molecule has 2 N–H and O–H groups in total. The SMILES string of the molecule is COc1cc(/C=N\NC(=O)C(=O)Nc2cccc(Cl)c2C)ccc1OCc1ccc(Cl)cc1. The Morgan fingerprint density at radius 2 is 1.76 bits per heavy atom. The van der Waals surface area contributed by atoms with Gasteiger partial charge in [-0.2, -0.15) is 5.10 Å². The number of anilines is 1. The molecule has 33 heavy (non-hydrogen) atoms. The zero-order chi connectivity index (χ0) is 23.8. The van der Waals surface area contributed by atoms with Gasteiger partial charge in [-0.3, -0.25) is 9.59 Å². The molecule has 0 atom stereocenters. The van der Waals surface area contributed by atoms with Crippen LogP contribution in [0.15, 0.2) is 65.8 Å². The summed E-state index contributed by atoms with van der Waals surface area (Å²) in [5.74, 6) is -0.736. The van der Waals surface area contributed by atoms with E-state index in [1.807, 2.05) is 12.1 Å². The Labute approximate surface area is 201 Å². The molecule has 0 aliphatic heterocycles. The predicted molar refractivity (Wildman–Crippen MR) is 129 cm³/mol. The van der Waals surface area contributed by atoms with Gasteiger partial charge in [-0.1, -0.05) is 41.4 Å². The molecule has 3 aromatic rings. The van der Waals surface area contributed by atoms with Crippen LogP contribution in [0.5, 0.6) is 11.5 Å². The number of carbonyl (C=O) groups excluding carboxylic acids is 2. The second-order valence-electron chi connectivity index (χ2n) is 6.89. The van der Waals surface area contributed by atoms with Gasteiger partial charge in [0.1, 0.15) is 6.61 Å². The number of hydrogen-bond donors (Lipinski definition) is 2. The molecule has 0 spiro atoms. The van der Waals surface area contributed by atoms with Crippen LogP contribution in [0.2, 0.25) is 10.0 Å². The Balaban J connectivity index is 1.57. The molecule has 0 saturated carbocycles. The lowest BCUT2D eigenvalue weighted by Crippen LogP contribution is -2.32. The largest absolute Gasteiger partial charge is 0.493 e. The van der Waals surface area contributed by atoms with Gasteiger partial charge in [0, 0.05) is 15.7 Å². The van der Waals surface area contributed by atoms with E-state index in [9.17, 15) is 9.59 Å². The normalized spacial score (nSPS) is 10.7. The molecule has 7 nitrogen and oxygen atoms in total. The van der Waals surface area contributed by atoms with E-state index in [0.717, 1.165) is 5.56 Å². The van der Waals surface area contributed by atoms with Crippen molar-refractivity contribution >= 4 is 46.9 Å². The number of rotatable bonds is 7.